The number of carbonyl (C=O) groups is 1. The van der Waals surface area contributed by atoms with Crippen LogP contribution in [0.1, 0.15) is 23.7 Å². The minimum atomic E-state index is -0.400. The average molecular weight is 347 g/mol. The summed E-state index contributed by atoms with van der Waals surface area (Å²) in [6.07, 6.45) is 3.68. The van der Waals surface area contributed by atoms with E-state index >= 15 is 0 Å². The van der Waals surface area contributed by atoms with Crippen LogP contribution in [0, 0.1) is 5.92 Å². The second kappa shape index (κ2) is 7.20. The van der Waals surface area contributed by atoms with Crippen molar-refractivity contribution in [2.24, 2.45) is 5.92 Å². The number of benzene rings is 1. The first-order valence-corrected chi connectivity index (χ1v) is 8.27. The number of aliphatic hydroxyl groups is 1. The third-order valence-corrected chi connectivity index (χ3v) is 4.55. The molecule has 2 unspecified atom stereocenters. The van der Waals surface area contributed by atoms with E-state index in [0.29, 0.717) is 35.2 Å². The number of pyridine rings is 1. The van der Waals surface area contributed by atoms with Gasteiger partial charge in [-0.05, 0) is 43.7 Å². The van der Waals surface area contributed by atoms with Gasteiger partial charge in [-0.3, -0.25) is 9.78 Å². The first-order valence-electron chi connectivity index (χ1n) is 7.89. The molecule has 3 rings (SSSR count). The Labute approximate surface area is 145 Å². The molecule has 1 aromatic carbocycles. The monoisotopic (exact) mass is 346 g/mol. The van der Waals surface area contributed by atoms with Crippen LogP contribution in [0.3, 0.4) is 0 Å². The van der Waals surface area contributed by atoms with Gasteiger partial charge in [0.25, 0.3) is 5.91 Å². The van der Waals surface area contributed by atoms with Gasteiger partial charge in [-0.2, -0.15) is 0 Å². The molecule has 0 aliphatic carbocycles. The van der Waals surface area contributed by atoms with Crippen LogP contribution in [0.2, 0.25) is 5.02 Å². The highest BCUT2D eigenvalue weighted by Crippen LogP contribution is 2.31. The van der Waals surface area contributed by atoms with Crippen LogP contribution in [0.4, 0.5) is 0 Å². The maximum atomic E-state index is 12.6. The molecule has 0 spiro atoms. The lowest BCUT2D eigenvalue weighted by Gasteiger charge is -2.18. The van der Waals surface area contributed by atoms with Crippen LogP contribution in [0.5, 0.6) is 11.5 Å². The number of ether oxygens (including phenoxy) is 1. The van der Waals surface area contributed by atoms with Gasteiger partial charge < -0.3 is 14.7 Å². The fraction of sp³-hybridized carbons (Fsp3) is 0.333. The number of rotatable bonds is 4. The van der Waals surface area contributed by atoms with Crippen LogP contribution in [0.15, 0.2) is 42.7 Å². The summed E-state index contributed by atoms with van der Waals surface area (Å²) in [5.41, 5.74) is 0.522. The summed E-state index contributed by atoms with van der Waals surface area (Å²) in [5, 5.41) is 10.0. The van der Waals surface area contributed by atoms with Gasteiger partial charge in [-0.15, -0.1) is 0 Å². The molecule has 1 saturated heterocycles. The van der Waals surface area contributed by atoms with E-state index in [1.807, 2.05) is 0 Å². The molecule has 6 heteroatoms. The van der Waals surface area contributed by atoms with E-state index in [9.17, 15) is 9.90 Å². The zero-order valence-electron chi connectivity index (χ0n) is 13.4. The predicted octanol–water partition coefficient (Wildman–Crippen LogP) is 3.37. The van der Waals surface area contributed by atoms with Crippen molar-refractivity contribution in [1.29, 1.82) is 0 Å². The van der Waals surface area contributed by atoms with Crippen molar-refractivity contribution >= 4 is 17.5 Å². The summed E-state index contributed by atoms with van der Waals surface area (Å²) < 4.78 is 5.69. The highest BCUT2D eigenvalue weighted by Gasteiger charge is 2.29. The second-order valence-corrected chi connectivity index (χ2v) is 6.38. The van der Waals surface area contributed by atoms with E-state index in [1.54, 1.807) is 54.5 Å². The molecule has 5 nitrogen and oxygen atoms in total. The fourth-order valence-corrected chi connectivity index (χ4v) is 3.02. The van der Waals surface area contributed by atoms with Crippen molar-refractivity contribution in [2.45, 2.75) is 19.4 Å². The quantitative estimate of drug-likeness (QED) is 0.922. The average Bonchev–Trinajstić information content (AvgIpc) is 3.07. The molecular weight excluding hydrogens is 328 g/mol. The van der Waals surface area contributed by atoms with Crippen molar-refractivity contribution < 1.29 is 14.6 Å². The number of hydrogen-bond acceptors (Lipinski definition) is 4. The molecule has 1 fully saturated rings. The van der Waals surface area contributed by atoms with Crippen LogP contribution in [0.25, 0.3) is 0 Å². The number of aliphatic hydroxyl groups excluding tert-OH is 1. The van der Waals surface area contributed by atoms with Crippen LogP contribution >= 0.6 is 11.6 Å². The van der Waals surface area contributed by atoms with Crippen LogP contribution in [-0.2, 0) is 0 Å². The van der Waals surface area contributed by atoms with E-state index in [4.69, 9.17) is 16.3 Å². The largest absolute Gasteiger partial charge is 0.456 e. The van der Waals surface area contributed by atoms with Gasteiger partial charge in [0.2, 0.25) is 0 Å². The van der Waals surface area contributed by atoms with Gasteiger partial charge in [0.1, 0.15) is 11.5 Å². The van der Waals surface area contributed by atoms with Crippen LogP contribution in [-0.4, -0.2) is 40.1 Å². The summed E-state index contributed by atoms with van der Waals surface area (Å²) in [7, 11) is 0. The zero-order chi connectivity index (χ0) is 17.1. The van der Waals surface area contributed by atoms with Gasteiger partial charge in [-0.1, -0.05) is 11.6 Å². The van der Waals surface area contributed by atoms with Crippen LogP contribution < -0.4 is 4.74 Å². The SMILES string of the molecule is CC(O)C1CCN(C(=O)c2ccc(Oc3ccncc3)c(Cl)c2)C1. The number of aromatic nitrogens is 1. The van der Waals surface area contributed by atoms with E-state index < -0.39 is 6.10 Å². The minimum absolute atomic E-state index is 0.0736. The Morgan fingerprint density at radius 3 is 2.75 bits per heavy atom. The molecule has 126 valence electrons. The second-order valence-electron chi connectivity index (χ2n) is 5.97. The molecule has 2 heterocycles. The number of amides is 1. The molecule has 1 aliphatic heterocycles. The number of carbonyl (C=O) groups excluding carboxylic acids is 1. The number of likely N-dealkylation sites (tertiary alicyclic amines) is 1. The molecule has 0 bridgehead atoms. The fourth-order valence-electron chi connectivity index (χ4n) is 2.80. The Morgan fingerprint density at radius 1 is 1.38 bits per heavy atom. The Balaban J connectivity index is 1.71. The summed E-state index contributed by atoms with van der Waals surface area (Å²) >= 11 is 6.26. The summed E-state index contributed by atoms with van der Waals surface area (Å²) in [6, 6.07) is 8.49. The molecule has 2 atom stereocenters. The van der Waals surface area contributed by atoms with E-state index in [2.05, 4.69) is 4.98 Å². The molecular formula is C18H19ClN2O3. The van der Waals surface area contributed by atoms with E-state index in [1.165, 1.54) is 0 Å². The van der Waals surface area contributed by atoms with Crippen molar-refractivity contribution in [3.8, 4) is 11.5 Å². The first-order chi connectivity index (χ1) is 11.5. The van der Waals surface area contributed by atoms with Crippen molar-refractivity contribution in [2.75, 3.05) is 13.1 Å². The Morgan fingerprint density at radius 2 is 2.12 bits per heavy atom. The molecule has 0 radical (unpaired) electrons. The molecule has 24 heavy (non-hydrogen) atoms. The summed E-state index contributed by atoms with van der Waals surface area (Å²) in [5.74, 6) is 1.18. The maximum absolute atomic E-state index is 12.6. The zero-order valence-corrected chi connectivity index (χ0v) is 14.1. The van der Waals surface area contributed by atoms with Crippen molar-refractivity contribution in [3.05, 3.63) is 53.3 Å². The molecule has 1 N–H and O–H groups in total. The van der Waals surface area contributed by atoms with Crippen molar-refractivity contribution in [3.63, 3.8) is 0 Å². The lowest BCUT2D eigenvalue weighted by atomic mass is 10.0. The molecule has 1 amide bonds. The number of halogens is 1. The van der Waals surface area contributed by atoms with Gasteiger partial charge in [0.05, 0.1) is 11.1 Å². The minimum Gasteiger partial charge on any atom is -0.456 e. The highest BCUT2D eigenvalue weighted by molar-refractivity contribution is 6.32. The third kappa shape index (κ3) is 3.68. The van der Waals surface area contributed by atoms with Gasteiger partial charge in [-0.25, -0.2) is 0 Å². The summed E-state index contributed by atoms with van der Waals surface area (Å²) in [6.45, 7) is 2.99. The van der Waals surface area contributed by atoms with Gasteiger partial charge in [0, 0.05) is 37.0 Å². The molecule has 2 aromatic rings. The standard InChI is InChI=1S/C18H19ClN2O3/c1-12(22)14-6-9-21(11-14)18(23)13-2-3-17(16(19)10-13)24-15-4-7-20-8-5-15/h2-5,7-8,10,12,14,22H,6,9,11H2,1H3. The van der Waals surface area contributed by atoms with Gasteiger partial charge in [0.15, 0.2) is 0 Å². The topological polar surface area (TPSA) is 62.7 Å². The maximum Gasteiger partial charge on any atom is 0.253 e. The third-order valence-electron chi connectivity index (χ3n) is 4.25. The normalized spacial score (nSPS) is 18.5. The number of hydrogen-bond donors (Lipinski definition) is 1. The molecule has 0 saturated carbocycles. The Kier molecular flexibility index (Phi) is 5.02. The Hall–Kier alpha value is -2.11. The van der Waals surface area contributed by atoms with E-state index in [-0.39, 0.29) is 11.8 Å². The lowest BCUT2D eigenvalue weighted by Crippen LogP contribution is -2.30. The molecule has 1 aliphatic rings. The van der Waals surface area contributed by atoms with Crippen molar-refractivity contribution in [1.82, 2.24) is 9.88 Å². The smallest absolute Gasteiger partial charge is 0.253 e. The van der Waals surface area contributed by atoms with E-state index in [0.717, 1.165) is 6.42 Å². The highest BCUT2D eigenvalue weighted by atomic mass is 35.5. The summed E-state index contributed by atoms with van der Waals surface area (Å²) in [4.78, 5) is 18.3. The first kappa shape index (κ1) is 16.7. The predicted molar refractivity (Wildman–Crippen MR) is 91.5 cm³/mol. The Bertz CT molecular complexity index is 721. The lowest BCUT2D eigenvalue weighted by molar-refractivity contribution is 0.0762. The number of nitrogens with zero attached hydrogens (tertiary/aromatic N) is 2. The molecule has 1 aromatic heterocycles. The van der Waals surface area contributed by atoms with Gasteiger partial charge >= 0.3 is 0 Å².